The largest absolute Gasteiger partial charge is 0.343 e. The van der Waals surface area contributed by atoms with E-state index in [0.717, 1.165) is 12.5 Å². The summed E-state index contributed by atoms with van der Waals surface area (Å²) >= 11 is 1.92. The summed E-state index contributed by atoms with van der Waals surface area (Å²) < 4.78 is 0. The molecule has 112 valence electrons. The van der Waals surface area contributed by atoms with Crippen LogP contribution in [0.2, 0.25) is 0 Å². The standard InChI is InChI=1S/C16H27N3S/c1-11(2)17-10-13-14(12-6-7-12)18-15(20-13)19-9-5-8-16(19,3)4/h11-12,17H,5-10H2,1-4H3. The number of rotatable bonds is 5. The van der Waals surface area contributed by atoms with Crippen molar-refractivity contribution in [3.05, 3.63) is 10.6 Å². The molecule has 0 aromatic carbocycles. The summed E-state index contributed by atoms with van der Waals surface area (Å²) in [6.07, 6.45) is 5.25. The second-order valence-corrected chi connectivity index (χ2v) is 8.24. The molecule has 2 heterocycles. The maximum atomic E-state index is 5.03. The highest BCUT2D eigenvalue weighted by Gasteiger charge is 2.36. The monoisotopic (exact) mass is 293 g/mol. The van der Waals surface area contributed by atoms with Crippen LogP contribution in [-0.2, 0) is 6.54 Å². The van der Waals surface area contributed by atoms with Gasteiger partial charge in [0.15, 0.2) is 5.13 Å². The summed E-state index contributed by atoms with van der Waals surface area (Å²) in [5, 5.41) is 4.82. The Morgan fingerprint density at radius 3 is 2.70 bits per heavy atom. The Kier molecular flexibility index (Phi) is 3.80. The lowest BCUT2D eigenvalue weighted by Crippen LogP contribution is -2.38. The average Bonchev–Trinajstić information content (AvgIpc) is 3.03. The van der Waals surface area contributed by atoms with Crippen LogP contribution < -0.4 is 10.2 Å². The summed E-state index contributed by atoms with van der Waals surface area (Å²) in [5.74, 6) is 0.745. The molecule has 1 aromatic heterocycles. The fourth-order valence-corrected chi connectivity index (χ4v) is 4.31. The third kappa shape index (κ3) is 2.86. The van der Waals surface area contributed by atoms with Crippen molar-refractivity contribution < 1.29 is 0 Å². The topological polar surface area (TPSA) is 28.2 Å². The number of nitrogens with one attached hydrogen (secondary N) is 1. The number of hydrogen-bond acceptors (Lipinski definition) is 4. The van der Waals surface area contributed by atoms with E-state index in [1.54, 1.807) is 0 Å². The summed E-state index contributed by atoms with van der Waals surface area (Å²) in [6, 6.07) is 0.538. The van der Waals surface area contributed by atoms with Crippen molar-refractivity contribution in [3.8, 4) is 0 Å². The van der Waals surface area contributed by atoms with Crippen LogP contribution in [0.5, 0.6) is 0 Å². The summed E-state index contributed by atoms with van der Waals surface area (Å²) in [6.45, 7) is 11.3. The second kappa shape index (κ2) is 5.30. The predicted molar refractivity (Wildman–Crippen MR) is 86.7 cm³/mol. The lowest BCUT2D eigenvalue weighted by atomic mass is 10.0. The van der Waals surface area contributed by atoms with Crippen molar-refractivity contribution in [2.45, 2.75) is 77.4 Å². The molecule has 0 spiro atoms. The van der Waals surface area contributed by atoms with Crippen molar-refractivity contribution in [3.63, 3.8) is 0 Å². The molecule has 0 amide bonds. The van der Waals surface area contributed by atoms with Gasteiger partial charge in [-0.1, -0.05) is 13.8 Å². The smallest absolute Gasteiger partial charge is 0.186 e. The van der Waals surface area contributed by atoms with Gasteiger partial charge in [-0.05, 0) is 39.5 Å². The zero-order chi connectivity index (χ0) is 14.3. The minimum Gasteiger partial charge on any atom is -0.343 e. The molecule has 0 atom stereocenters. The first-order valence-electron chi connectivity index (χ1n) is 7.98. The van der Waals surface area contributed by atoms with Gasteiger partial charge in [0.2, 0.25) is 0 Å². The number of nitrogens with zero attached hydrogens (tertiary/aromatic N) is 2. The van der Waals surface area contributed by atoms with E-state index >= 15 is 0 Å². The summed E-state index contributed by atoms with van der Waals surface area (Å²) in [7, 11) is 0. The minimum atomic E-state index is 0.279. The van der Waals surface area contributed by atoms with E-state index in [9.17, 15) is 0 Å². The minimum absolute atomic E-state index is 0.279. The Labute approximate surface area is 126 Å². The van der Waals surface area contributed by atoms with Gasteiger partial charge < -0.3 is 10.2 Å². The zero-order valence-electron chi connectivity index (χ0n) is 13.2. The first kappa shape index (κ1) is 14.3. The highest BCUT2D eigenvalue weighted by Crippen LogP contribution is 2.45. The third-order valence-corrected chi connectivity index (χ3v) is 5.58. The third-order valence-electron chi connectivity index (χ3n) is 4.48. The molecule has 1 aromatic rings. The highest BCUT2D eigenvalue weighted by molar-refractivity contribution is 7.15. The van der Waals surface area contributed by atoms with Gasteiger partial charge >= 0.3 is 0 Å². The van der Waals surface area contributed by atoms with Gasteiger partial charge in [-0.25, -0.2) is 4.98 Å². The molecule has 1 aliphatic carbocycles. The van der Waals surface area contributed by atoms with E-state index in [-0.39, 0.29) is 5.54 Å². The fourth-order valence-electron chi connectivity index (χ4n) is 3.03. The summed E-state index contributed by atoms with van der Waals surface area (Å²) in [4.78, 5) is 9.03. The van der Waals surface area contributed by atoms with Crippen LogP contribution in [0.15, 0.2) is 0 Å². The van der Waals surface area contributed by atoms with E-state index < -0.39 is 0 Å². The Hall–Kier alpha value is -0.610. The molecule has 1 saturated carbocycles. The van der Waals surface area contributed by atoms with Crippen molar-refractivity contribution in [1.82, 2.24) is 10.3 Å². The van der Waals surface area contributed by atoms with Gasteiger partial charge in [0.05, 0.1) is 5.69 Å². The van der Waals surface area contributed by atoms with E-state index in [1.807, 2.05) is 11.3 Å². The van der Waals surface area contributed by atoms with Crippen LogP contribution in [0.3, 0.4) is 0 Å². The normalized spacial score (nSPS) is 21.9. The SMILES string of the molecule is CC(C)NCc1sc(N2CCCC2(C)C)nc1C1CC1. The van der Waals surface area contributed by atoms with E-state index in [2.05, 4.69) is 37.9 Å². The Bertz CT molecular complexity index is 474. The molecule has 2 fully saturated rings. The van der Waals surface area contributed by atoms with Crippen molar-refractivity contribution in [1.29, 1.82) is 0 Å². The van der Waals surface area contributed by atoms with Gasteiger partial charge in [0.1, 0.15) is 0 Å². The molecule has 0 bridgehead atoms. The van der Waals surface area contributed by atoms with Crippen molar-refractivity contribution in [2.24, 2.45) is 0 Å². The molecular weight excluding hydrogens is 266 g/mol. The summed E-state index contributed by atoms with van der Waals surface area (Å²) in [5.41, 5.74) is 1.67. The van der Waals surface area contributed by atoms with Gasteiger partial charge in [0, 0.05) is 35.5 Å². The molecular formula is C16H27N3S. The Morgan fingerprint density at radius 1 is 1.40 bits per heavy atom. The number of anilines is 1. The predicted octanol–water partition coefficient (Wildman–Crippen LogP) is 3.90. The van der Waals surface area contributed by atoms with Crippen molar-refractivity contribution in [2.75, 3.05) is 11.4 Å². The van der Waals surface area contributed by atoms with E-state index in [4.69, 9.17) is 4.98 Å². The molecule has 0 radical (unpaired) electrons. The number of thiazole rings is 1. The lowest BCUT2D eigenvalue weighted by Gasteiger charge is -2.31. The van der Waals surface area contributed by atoms with Gasteiger partial charge in [-0.2, -0.15) is 0 Å². The quantitative estimate of drug-likeness (QED) is 0.892. The van der Waals surface area contributed by atoms with Crippen LogP contribution in [0.25, 0.3) is 0 Å². The van der Waals surface area contributed by atoms with E-state index in [1.165, 1.54) is 47.9 Å². The molecule has 2 aliphatic rings. The Morgan fingerprint density at radius 2 is 2.15 bits per heavy atom. The van der Waals surface area contributed by atoms with Crippen LogP contribution in [-0.4, -0.2) is 23.1 Å². The van der Waals surface area contributed by atoms with Crippen LogP contribution >= 0.6 is 11.3 Å². The van der Waals surface area contributed by atoms with Gasteiger partial charge in [-0.3, -0.25) is 0 Å². The van der Waals surface area contributed by atoms with Crippen LogP contribution in [0, 0.1) is 0 Å². The van der Waals surface area contributed by atoms with Gasteiger partial charge in [0.25, 0.3) is 0 Å². The van der Waals surface area contributed by atoms with Gasteiger partial charge in [-0.15, -0.1) is 11.3 Å². The Balaban J connectivity index is 1.83. The highest BCUT2D eigenvalue weighted by atomic mass is 32.1. The zero-order valence-corrected chi connectivity index (χ0v) is 14.0. The van der Waals surface area contributed by atoms with Crippen molar-refractivity contribution >= 4 is 16.5 Å². The molecule has 1 N–H and O–H groups in total. The maximum absolute atomic E-state index is 5.03. The molecule has 3 nitrogen and oxygen atoms in total. The molecule has 0 unspecified atom stereocenters. The first-order chi connectivity index (χ1) is 9.47. The molecule has 1 aliphatic heterocycles. The fraction of sp³-hybridized carbons (Fsp3) is 0.812. The van der Waals surface area contributed by atoms with Crippen LogP contribution in [0.1, 0.15) is 69.9 Å². The lowest BCUT2D eigenvalue weighted by molar-refractivity contribution is 0.517. The number of hydrogen-bond donors (Lipinski definition) is 1. The first-order valence-corrected chi connectivity index (χ1v) is 8.79. The molecule has 4 heteroatoms. The molecule has 1 saturated heterocycles. The molecule has 20 heavy (non-hydrogen) atoms. The average molecular weight is 293 g/mol. The molecule has 3 rings (SSSR count). The number of aromatic nitrogens is 1. The van der Waals surface area contributed by atoms with E-state index in [0.29, 0.717) is 6.04 Å². The van der Waals surface area contributed by atoms with Crippen LogP contribution in [0.4, 0.5) is 5.13 Å². The maximum Gasteiger partial charge on any atom is 0.186 e. The second-order valence-electron chi connectivity index (χ2n) is 7.18.